The highest BCUT2D eigenvalue weighted by Gasteiger charge is 2.34. The molecule has 1 saturated heterocycles. The van der Waals surface area contributed by atoms with Gasteiger partial charge in [0.1, 0.15) is 5.69 Å². The SMILES string of the molecule is FC1(F)CCN(c2ccc3nc(-c4n[nH]c5cc(C(F)(F)F)ccc45)[nH]c3c2)CC1. The van der Waals surface area contributed by atoms with Gasteiger partial charge in [-0.25, -0.2) is 13.8 Å². The maximum absolute atomic E-state index is 13.4. The fourth-order valence-electron chi connectivity index (χ4n) is 3.77. The Labute approximate surface area is 166 Å². The number of benzene rings is 2. The van der Waals surface area contributed by atoms with Gasteiger partial charge in [0.25, 0.3) is 5.92 Å². The second-order valence-corrected chi connectivity index (χ2v) is 7.46. The summed E-state index contributed by atoms with van der Waals surface area (Å²) < 4.78 is 65.6. The third kappa shape index (κ3) is 3.25. The number of hydrogen-bond acceptors (Lipinski definition) is 3. The van der Waals surface area contributed by atoms with Crippen molar-refractivity contribution in [3.8, 4) is 11.5 Å². The first-order chi connectivity index (χ1) is 14.2. The monoisotopic (exact) mass is 421 g/mol. The van der Waals surface area contributed by atoms with Crippen LogP contribution in [0.5, 0.6) is 0 Å². The number of anilines is 1. The second-order valence-electron chi connectivity index (χ2n) is 7.46. The van der Waals surface area contributed by atoms with Gasteiger partial charge >= 0.3 is 6.18 Å². The fourth-order valence-corrected chi connectivity index (χ4v) is 3.77. The first-order valence-corrected chi connectivity index (χ1v) is 9.38. The maximum atomic E-state index is 13.4. The van der Waals surface area contributed by atoms with Crippen molar-refractivity contribution in [1.29, 1.82) is 0 Å². The van der Waals surface area contributed by atoms with Crippen LogP contribution in [0.25, 0.3) is 33.5 Å². The molecule has 0 unspecified atom stereocenters. The maximum Gasteiger partial charge on any atom is 0.416 e. The molecule has 30 heavy (non-hydrogen) atoms. The van der Waals surface area contributed by atoms with Crippen LogP contribution in [-0.2, 0) is 6.18 Å². The Balaban J connectivity index is 1.48. The Kier molecular flexibility index (Phi) is 4.03. The smallest absolute Gasteiger partial charge is 0.371 e. The van der Waals surface area contributed by atoms with Gasteiger partial charge in [0.05, 0.1) is 22.1 Å². The van der Waals surface area contributed by atoms with Crippen LogP contribution in [0.3, 0.4) is 0 Å². The fraction of sp³-hybridized carbons (Fsp3) is 0.300. The summed E-state index contributed by atoms with van der Waals surface area (Å²) in [6, 6.07) is 8.84. The number of nitrogens with one attached hydrogen (secondary N) is 2. The summed E-state index contributed by atoms with van der Waals surface area (Å²) in [7, 11) is 0. The minimum atomic E-state index is -4.44. The third-order valence-electron chi connectivity index (χ3n) is 5.44. The molecule has 0 aliphatic carbocycles. The van der Waals surface area contributed by atoms with Crippen molar-refractivity contribution < 1.29 is 22.0 Å². The standard InChI is InChI=1S/C20H16F5N5/c21-19(22)5-7-30(8-6-19)12-2-4-14-16(10-12)27-18(26-14)17-13-3-1-11(20(23,24)25)9-15(13)28-29-17/h1-4,9-10H,5-8H2,(H,26,27)(H,28,29). The highest BCUT2D eigenvalue weighted by atomic mass is 19.4. The van der Waals surface area contributed by atoms with Crippen molar-refractivity contribution >= 4 is 27.6 Å². The molecule has 1 aliphatic heterocycles. The molecule has 1 aliphatic rings. The molecule has 0 saturated carbocycles. The Bertz CT molecular complexity index is 1230. The highest BCUT2D eigenvalue weighted by Crippen LogP contribution is 2.35. The molecule has 5 nitrogen and oxygen atoms in total. The van der Waals surface area contributed by atoms with Crippen LogP contribution in [0.15, 0.2) is 36.4 Å². The van der Waals surface area contributed by atoms with E-state index in [-0.39, 0.29) is 31.4 Å². The lowest BCUT2D eigenvalue weighted by atomic mass is 10.1. The largest absolute Gasteiger partial charge is 0.416 e. The van der Waals surface area contributed by atoms with Gasteiger partial charge in [0.15, 0.2) is 5.82 Å². The third-order valence-corrected chi connectivity index (χ3v) is 5.44. The van der Waals surface area contributed by atoms with E-state index < -0.39 is 17.7 Å². The van der Waals surface area contributed by atoms with Crippen molar-refractivity contribution in [1.82, 2.24) is 20.2 Å². The number of imidazole rings is 1. The van der Waals surface area contributed by atoms with E-state index in [1.165, 1.54) is 6.07 Å². The van der Waals surface area contributed by atoms with Crippen molar-refractivity contribution in [2.75, 3.05) is 18.0 Å². The number of nitrogens with zero attached hydrogens (tertiary/aromatic N) is 3. The number of alkyl halides is 5. The van der Waals surface area contributed by atoms with Gasteiger partial charge in [-0.05, 0) is 36.4 Å². The lowest BCUT2D eigenvalue weighted by molar-refractivity contribution is -0.137. The predicted octanol–water partition coefficient (Wildman–Crippen LogP) is 5.36. The number of halogens is 5. The number of aromatic nitrogens is 4. The summed E-state index contributed by atoms with van der Waals surface area (Å²) in [6.07, 6.45) is -4.80. The average molecular weight is 421 g/mol. The van der Waals surface area contributed by atoms with Crippen molar-refractivity contribution in [3.05, 3.63) is 42.0 Å². The highest BCUT2D eigenvalue weighted by molar-refractivity contribution is 5.93. The number of piperidine rings is 1. The average Bonchev–Trinajstić information content (AvgIpc) is 3.29. The first kappa shape index (κ1) is 18.8. The van der Waals surface area contributed by atoms with Gasteiger partial charge in [0.2, 0.25) is 0 Å². The molecule has 4 aromatic rings. The van der Waals surface area contributed by atoms with E-state index >= 15 is 0 Å². The predicted molar refractivity (Wildman–Crippen MR) is 103 cm³/mol. The molecule has 1 fully saturated rings. The topological polar surface area (TPSA) is 60.6 Å². The zero-order valence-electron chi connectivity index (χ0n) is 15.5. The van der Waals surface area contributed by atoms with E-state index in [1.54, 1.807) is 6.07 Å². The van der Waals surface area contributed by atoms with E-state index in [1.807, 2.05) is 17.0 Å². The van der Waals surface area contributed by atoms with Gasteiger partial charge in [-0.2, -0.15) is 18.3 Å². The molecule has 0 radical (unpaired) electrons. The molecule has 2 aromatic carbocycles. The Morgan fingerprint density at radius 2 is 1.73 bits per heavy atom. The van der Waals surface area contributed by atoms with Crippen LogP contribution >= 0.6 is 0 Å². The van der Waals surface area contributed by atoms with E-state index in [9.17, 15) is 22.0 Å². The van der Waals surface area contributed by atoms with Gasteiger partial charge < -0.3 is 9.88 Å². The minimum absolute atomic E-state index is 0.182. The molecule has 2 aromatic heterocycles. The summed E-state index contributed by atoms with van der Waals surface area (Å²) in [4.78, 5) is 9.53. The van der Waals surface area contributed by atoms with E-state index in [0.29, 0.717) is 27.9 Å². The molecule has 2 N–H and O–H groups in total. The van der Waals surface area contributed by atoms with Gasteiger partial charge in [0, 0.05) is 37.0 Å². The zero-order chi connectivity index (χ0) is 21.1. The quantitative estimate of drug-likeness (QED) is 0.429. The van der Waals surface area contributed by atoms with Crippen LogP contribution < -0.4 is 4.90 Å². The van der Waals surface area contributed by atoms with Crippen molar-refractivity contribution in [2.45, 2.75) is 24.9 Å². The van der Waals surface area contributed by atoms with Crippen molar-refractivity contribution in [3.63, 3.8) is 0 Å². The van der Waals surface area contributed by atoms with Gasteiger partial charge in [-0.1, -0.05) is 0 Å². The van der Waals surface area contributed by atoms with Crippen LogP contribution in [0.2, 0.25) is 0 Å². The minimum Gasteiger partial charge on any atom is -0.371 e. The van der Waals surface area contributed by atoms with Crippen LogP contribution in [-0.4, -0.2) is 39.2 Å². The molecule has 3 heterocycles. The summed E-state index contributed by atoms with van der Waals surface area (Å²) in [5.74, 6) is -2.20. The number of rotatable bonds is 2. The van der Waals surface area contributed by atoms with Crippen molar-refractivity contribution in [2.24, 2.45) is 0 Å². The van der Waals surface area contributed by atoms with Crippen LogP contribution in [0, 0.1) is 0 Å². The summed E-state index contributed by atoms with van der Waals surface area (Å²) in [6.45, 7) is 0.538. The van der Waals surface area contributed by atoms with E-state index in [2.05, 4.69) is 20.2 Å². The molecule has 0 spiro atoms. The van der Waals surface area contributed by atoms with E-state index in [0.717, 1.165) is 17.8 Å². The lowest BCUT2D eigenvalue weighted by Gasteiger charge is -2.33. The Hall–Kier alpha value is -3.17. The Morgan fingerprint density at radius 3 is 2.47 bits per heavy atom. The number of aromatic amines is 2. The zero-order valence-corrected chi connectivity index (χ0v) is 15.5. The summed E-state index contributed by atoms with van der Waals surface area (Å²) in [5.41, 5.74) is 2.08. The molecular formula is C20H16F5N5. The first-order valence-electron chi connectivity index (χ1n) is 9.38. The molecule has 10 heteroatoms. The molecule has 0 atom stereocenters. The lowest BCUT2D eigenvalue weighted by Crippen LogP contribution is -2.39. The molecular weight excluding hydrogens is 405 g/mol. The Morgan fingerprint density at radius 1 is 0.967 bits per heavy atom. The van der Waals surface area contributed by atoms with Crippen LogP contribution in [0.1, 0.15) is 18.4 Å². The molecule has 0 amide bonds. The number of fused-ring (bicyclic) bond motifs is 2. The number of hydrogen-bond donors (Lipinski definition) is 2. The van der Waals surface area contributed by atoms with E-state index in [4.69, 9.17) is 0 Å². The summed E-state index contributed by atoms with van der Waals surface area (Å²) >= 11 is 0. The summed E-state index contributed by atoms with van der Waals surface area (Å²) in [5, 5.41) is 7.27. The molecule has 5 rings (SSSR count). The molecule has 0 bridgehead atoms. The van der Waals surface area contributed by atoms with Gasteiger partial charge in [-0.15, -0.1) is 0 Å². The molecule has 156 valence electrons. The van der Waals surface area contributed by atoms with Gasteiger partial charge in [-0.3, -0.25) is 5.10 Å². The van der Waals surface area contributed by atoms with Crippen LogP contribution in [0.4, 0.5) is 27.6 Å². The second kappa shape index (κ2) is 6.41. The normalized spacial score (nSPS) is 17.2. The number of H-pyrrole nitrogens is 2.